The highest BCUT2D eigenvalue weighted by Crippen LogP contribution is 2.44. The Hall–Kier alpha value is -1.58. The van der Waals surface area contributed by atoms with Crippen LogP contribution in [0, 0.1) is 5.41 Å². The molecule has 1 aromatic heterocycles. The smallest absolute Gasteiger partial charge is 0.356 e. The number of hydrogen-bond donors (Lipinski definition) is 2. The third-order valence-corrected chi connectivity index (χ3v) is 2.82. The Balaban J connectivity index is 2.09. The normalized spacial score (nSPS) is 17.1. The fourth-order valence-electron chi connectivity index (χ4n) is 1.42. The molecule has 0 aromatic carbocycles. The molecule has 1 aliphatic carbocycles. The molecule has 0 saturated heterocycles. The van der Waals surface area contributed by atoms with Crippen molar-refractivity contribution in [3.63, 3.8) is 0 Å². The quantitative estimate of drug-likeness (QED) is 0.790. The Bertz CT molecular complexity index is 386. The van der Waals surface area contributed by atoms with Gasteiger partial charge in [-0.2, -0.15) is 0 Å². The predicted molar refractivity (Wildman–Crippen MR) is 57.0 cm³/mol. The van der Waals surface area contributed by atoms with Gasteiger partial charge in [-0.15, -0.1) is 0 Å². The van der Waals surface area contributed by atoms with E-state index in [-0.39, 0.29) is 5.69 Å². The SMILES string of the molecule is CC1(CNc2cccnc2C(=O)O)CC1. The molecular weight excluding hydrogens is 192 g/mol. The number of anilines is 1. The topological polar surface area (TPSA) is 62.2 Å². The number of rotatable bonds is 4. The van der Waals surface area contributed by atoms with E-state index in [1.165, 1.54) is 19.0 Å². The van der Waals surface area contributed by atoms with Crippen molar-refractivity contribution in [3.05, 3.63) is 24.0 Å². The summed E-state index contributed by atoms with van der Waals surface area (Å²) in [5, 5.41) is 12.1. The van der Waals surface area contributed by atoms with Crippen molar-refractivity contribution < 1.29 is 9.90 Å². The molecule has 1 saturated carbocycles. The Kier molecular flexibility index (Phi) is 2.34. The average molecular weight is 206 g/mol. The highest BCUT2D eigenvalue weighted by molar-refractivity contribution is 5.91. The molecule has 1 aromatic rings. The molecule has 0 radical (unpaired) electrons. The summed E-state index contributed by atoms with van der Waals surface area (Å²) in [4.78, 5) is 14.7. The van der Waals surface area contributed by atoms with Crippen molar-refractivity contribution in [1.82, 2.24) is 4.98 Å². The summed E-state index contributed by atoms with van der Waals surface area (Å²) >= 11 is 0. The predicted octanol–water partition coefficient (Wildman–Crippen LogP) is 1.99. The van der Waals surface area contributed by atoms with Gasteiger partial charge in [-0.05, 0) is 30.4 Å². The molecule has 0 amide bonds. The van der Waals surface area contributed by atoms with Gasteiger partial charge >= 0.3 is 5.97 Å². The second-order valence-electron chi connectivity index (χ2n) is 4.37. The van der Waals surface area contributed by atoms with Crippen molar-refractivity contribution in [2.24, 2.45) is 5.41 Å². The van der Waals surface area contributed by atoms with Crippen molar-refractivity contribution in [1.29, 1.82) is 0 Å². The van der Waals surface area contributed by atoms with Crippen LogP contribution in [-0.4, -0.2) is 22.6 Å². The molecule has 1 fully saturated rings. The van der Waals surface area contributed by atoms with Gasteiger partial charge in [-0.1, -0.05) is 6.92 Å². The molecule has 0 aliphatic heterocycles. The maximum atomic E-state index is 10.9. The minimum absolute atomic E-state index is 0.0988. The minimum Gasteiger partial charge on any atom is -0.476 e. The fourth-order valence-corrected chi connectivity index (χ4v) is 1.42. The van der Waals surface area contributed by atoms with E-state index < -0.39 is 5.97 Å². The molecule has 1 heterocycles. The molecule has 2 rings (SSSR count). The maximum absolute atomic E-state index is 10.9. The molecule has 4 nitrogen and oxygen atoms in total. The van der Waals surface area contributed by atoms with Gasteiger partial charge in [0.05, 0.1) is 5.69 Å². The largest absolute Gasteiger partial charge is 0.476 e. The van der Waals surface area contributed by atoms with Crippen LogP contribution in [0.2, 0.25) is 0 Å². The van der Waals surface area contributed by atoms with E-state index in [9.17, 15) is 4.79 Å². The number of carboxylic acids is 1. The highest BCUT2D eigenvalue weighted by Gasteiger charge is 2.36. The van der Waals surface area contributed by atoms with Crippen LogP contribution in [0.5, 0.6) is 0 Å². The van der Waals surface area contributed by atoms with Gasteiger partial charge in [0.1, 0.15) is 0 Å². The van der Waals surface area contributed by atoms with E-state index in [0.717, 1.165) is 6.54 Å². The zero-order valence-electron chi connectivity index (χ0n) is 8.66. The number of hydrogen-bond acceptors (Lipinski definition) is 3. The number of pyridine rings is 1. The minimum atomic E-state index is -0.987. The van der Waals surface area contributed by atoms with Crippen LogP contribution in [0.25, 0.3) is 0 Å². The van der Waals surface area contributed by atoms with Gasteiger partial charge in [0, 0.05) is 12.7 Å². The van der Waals surface area contributed by atoms with Crippen LogP contribution < -0.4 is 5.32 Å². The van der Waals surface area contributed by atoms with E-state index in [1.54, 1.807) is 12.1 Å². The molecule has 0 bridgehead atoms. The van der Waals surface area contributed by atoms with Crippen LogP contribution in [0.1, 0.15) is 30.3 Å². The second-order valence-corrected chi connectivity index (χ2v) is 4.37. The fraction of sp³-hybridized carbons (Fsp3) is 0.455. The van der Waals surface area contributed by atoms with Crippen LogP contribution in [0.15, 0.2) is 18.3 Å². The molecule has 0 atom stereocenters. The van der Waals surface area contributed by atoms with Gasteiger partial charge in [0.2, 0.25) is 0 Å². The first-order chi connectivity index (χ1) is 7.11. The third-order valence-electron chi connectivity index (χ3n) is 2.82. The van der Waals surface area contributed by atoms with Gasteiger partial charge in [-0.25, -0.2) is 9.78 Å². The van der Waals surface area contributed by atoms with Crippen molar-refractivity contribution in [3.8, 4) is 0 Å². The zero-order chi connectivity index (χ0) is 10.9. The summed E-state index contributed by atoms with van der Waals surface area (Å²) in [6, 6.07) is 3.49. The first-order valence-electron chi connectivity index (χ1n) is 5.03. The number of aromatic nitrogens is 1. The van der Waals surface area contributed by atoms with Crippen LogP contribution in [0.4, 0.5) is 5.69 Å². The summed E-state index contributed by atoms with van der Waals surface area (Å²) in [5.74, 6) is -0.987. The number of carbonyl (C=O) groups is 1. The van der Waals surface area contributed by atoms with Crippen LogP contribution in [-0.2, 0) is 0 Å². The summed E-state index contributed by atoms with van der Waals surface area (Å²) in [6.45, 7) is 3.01. The molecule has 15 heavy (non-hydrogen) atoms. The van der Waals surface area contributed by atoms with Crippen molar-refractivity contribution in [2.45, 2.75) is 19.8 Å². The third kappa shape index (κ3) is 2.26. The number of carboxylic acid groups (broad SMARTS) is 1. The summed E-state index contributed by atoms with van der Waals surface area (Å²) in [5.41, 5.74) is 1.06. The van der Waals surface area contributed by atoms with Crippen molar-refractivity contribution in [2.75, 3.05) is 11.9 Å². The number of nitrogens with zero attached hydrogens (tertiary/aromatic N) is 1. The Morgan fingerprint density at radius 3 is 3.00 bits per heavy atom. The summed E-state index contributed by atoms with van der Waals surface area (Å²) in [7, 11) is 0. The zero-order valence-corrected chi connectivity index (χ0v) is 8.66. The van der Waals surface area contributed by atoms with Gasteiger partial charge < -0.3 is 10.4 Å². The molecular formula is C11H14N2O2. The standard InChI is InChI=1S/C11H14N2O2/c1-11(4-5-11)7-13-8-3-2-6-12-9(8)10(14)15/h2-3,6,13H,4-5,7H2,1H3,(H,14,15). The number of aromatic carboxylic acids is 1. The highest BCUT2D eigenvalue weighted by atomic mass is 16.4. The summed E-state index contributed by atoms with van der Waals surface area (Å²) < 4.78 is 0. The van der Waals surface area contributed by atoms with Crippen LogP contribution >= 0.6 is 0 Å². The van der Waals surface area contributed by atoms with Gasteiger partial charge in [0.25, 0.3) is 0 Å². The lowest BCUT2D eigenvalue weighted by Gasteiger charge is -2.12. The number of nitrogens with one attached hydrogen (secondary N) is 1. The van der Waals surface area contributed by atoms with E-state index in [4.69, 9.17) is 5.11 Å². The van der Waals surface area contributed by atoms with E-state index >= 15 is 0 Å². The van der Waals surface area contributed by atoms with Crippen molar-refractivity contribution >= 4 is 11.7 Å². The Morgan fingerprint density at radius 1 is 1.67 bits per heavy atom. The summed E-state index contributed by atoms with van der Waals surface area (Å²) in [6.07, 6.45) is 3.92. The van der Waals surface area contributed by atoms with Gasteiger partial charge in [-0.3, -0.25) is 0 Å². The second kappa shape index (κ2) is 3.53. The molecule has 2 N–H and O–H groups in total. The van der Waals surface area contributed by atoms with Gasteiger partial charge in [0.15, 0.2) is 5.69 Å². The first kappa shape index (κ1) is 9.96. The van der Waals surface area contributed by atoms with Crippen LogP contribution in [0.3, 0.4) is 0 Å². The average Bonchev–Trinajstić information content (AvgIpc) is 2.95. The van der Waals surface area contributed by atoms with E-state index in [2.05, 4.69) is 17.2 Å². The molecule has 0 spiro atoms. The maximum Gasteiger partial charge on any atom is 0.356 e. The lowest BCUT2D eigenvalue weighted by atomic mass is 10.1. The lowest BCUT2D eigenvalue weighted by Crippen LogP contribution is -2.15. The first-order valence-corrected chi connectivity index (χ1v) is 5.03. The Labute approximate surface area is 88.3 Å². The molecule has 1 aliphatic rings. The molecule has 80 valence electrons. The lowest BCUT2D eigenvalue weighted by molar-refractivity contribution is 0.0691. The van der Waals surface area contributed by atoms with E-state index in [1.807, 2.05) is 0 Å². The van der Waals surface area contributed by atoms with E-state index in [0.29, 0.717) is 11.1 Å². The molecule has 4 heteroatoms. The molecule has 0 unspecified atom stereocenters. The Morgan fingerprint density at radius 2 is 2.40 bits per heavy atom. The monoisotopic (exact) mass is 206 g/mol.